The number of nitrogens with zero attached hydrogens (tertiary/aromatic N) is 1. The SMILES string of the molecule is COC(=O)c1c(=O)n(-c2ccc(C)cc2)c(C)c2c1[nH]c1ccccc12. The number of carbonyl (C=O) groups excluding carboxylic acids is 1. The first-order chi connectivity index (χ1) is 12.5. The first-order valence-corrected chi connectivity index (χ1v) is 8.34. The summed E-state index contributed by atoms with van der Waals surface area (Å²) < 4.78 is 6.48. The van der Waals surface area contributed by atoms with Crippen molar-refractivity contribution in [1.82, 2.24) is 9.55 Å². The molecule has 0 aliphatic carbocycles. The fourth-order valence-electron chi connectivity index (χ4n) is 3.48. The highest BCUT2D eigenvalue weighted by Gasteiger charge is 2.24. The number of fused-ring (bicyclic) bond motifs is 3. The lowest BCUT2D eigenvalue weighted by molar-refractivity contribution is 0.0600. The number of hydrogen-bond acceptors (Lipinski definition) is 3. The van der Waals surface area contributed by atoms with Crippen LogP contribution in [0.1, 0.15) is 21.6 Å². The van der Waals surface area contributed by atoms with Gasteiger partial charge in [-0.25, -0.2) is 4.79 Å². The number of para-hydroxylation sites is 1. The van der Waals surface area contributed by atoms with Gasteiger partial charge in [-0.2, -0.15) is 0 Å². The third-order valence-corrected chi connectivity index (χ3v) is 4.75. The van der Waals surface area contributed by atoms with Gasteiger partial charge in [0.1, 0.15) is 5.56 Å². The summed E-state index contributed by atoms with van der Waals surface area (Å²) in [7, 11) is 1.28. The van der Waals surface area contributed by atoms with Crippen LogP contribution in [-0.2, 0) is 4.74 Å². The molecule has 0 aliphatic heterocycles. The molecule has 5 heteroatoms. The van der Waals surface area contributed by atoms with E-state index in [2.05, 4.69) is 4.98 Å². The molecule has 0 saturated heterocycles. The Morgan fingerprint density at radius 2 is 1.73 bits per heavy atom. The van der Waals surface area contributed by atoms with Crippen LogP contribution in [0.4, 0.5) is 0 Å². The summed E-state index contributed by atoms with van der Waals surface area (Å²) in [6.45, 7) is 3.88. The van der Waals surface area contributed by atoms with Crippen molar-refractivity contribution < 1.29 is 9.53 Å². The maximum Gasteiger partial charge on any atom is 0.345 e. The van der Waals surface area contributed by atoms with E-state index in [9.17, 15) is 9.59 Å². The standard InChI is InChI=1S/C21H18N2O3/c1-12-8-10-14(11-9-12)23-13(2)17-15-6-4-5-7-16(15)22-19(17)18(20(23)24)21(25)26-3/h4-11,22H,1-3H3. The lowest BCUT2D eigenvalue weighted by Gasteiger charge is -2.14. The Bertz CT molecular complexity index is 1210. The predicted octanol–water partition coefficient (Wildman–Crippen LogP) is 3.88. The number of ether oxygens (including phenoxy) is 1. The number of esters is 1. The number of aromatic amines is 1. The Morgan fingerprint density at radius 1 is 1.04 bits per heavy atom. The second-order valence-electron chi connectivity index (χ2n) is 6.35. The maximum atomic E-state index is 13.2. The van der Waals surface area contributed by atoms with Crippen LogP contribution in [0.5, 0.6) is 0 Å². The highest BCUT2D eigenvalue weighted by molar-refractivity contribution is 6.14. The Kier molecular flexibility index (Phi) is 3.65. The number of carbonyl (C=O) groups is 1. The molecule has 2 aromatic heterocycles. The van der Waals surface area contributed by atoms with Gasteiger partial charge in [0.25, 0.3) is 5.56 Å². The topological polar surface area (TPSA) is 64.1 Å². The van der Waals surface area contributed by atoms with Gasteiger partial charge in [0.15, 0.2) is 0 Å². The normalized spacial score (nSPS) is 11.2. The van der Waals surface area contributed by atoms with E-state index in [1.807, 2.05) is 62.4 Å². The molecular weight excluding hydrogens is 328 g/mol. The summed E-state index contributed by atoms with van der Waals surface area (Å²) in [6, 6.07) is 15.4. The number of hydrogen-bond donors (Lipinski definition) is 1. The molecule has 0 fully saturated rings. The number of aromatic nitrogens is 2. The van der Waals surface area contributed by atoms with Crippen molar-refractivity contribution in [1.29, 1.82) is 0 Å². The number of benzene rings is 2. The molecule has 4 aromatic rings. The minimum Gasteiger partial charge on any atom is -0.465 e. The van der Waals surface area contributed by atoms with Crippen LogP contribution in [0.15, 0.2) is 53.3 Å². The molecule has 2 heterocycles. The average Bonchev–Trinajstić information content (AvgIpc) is 3.02. The molecule has 0 unspecified atom stereocenters. The van der Waals surface area contributed by atoms with Gasteiger partial charge in [-0.05, 0) is 32.0 Å². The second-order valence-corrected chi connectivity index (χ2v) is 6.35. The van der Waals surface area contributed by atoms with E-state index in [1.54, 1.807) is 4.57 Å². The fourth-order valence-corrected chi connectivity index (χ4v) is 3.48. The van der Waals surface area contributed by atoms with Crippen molar-refractivity contribution >= 4 is 27.8 Å². The van der Waals surface area contributed by atoms with Crippen molar-refractivity contribution in [2.24, 2.45) is 0 Å². The molecule has 0 saturated carbocycles. The lowest BCUT2D eigenvalue weighted by atomic mass is 10.1. The maximum absolute atomic E-state index is 13.2. The Balaban J connectivity index is 2.22. The molecule has 0 bridgehead atoms. The fraction of sp³-hybridized carbons (Fsp3) is 0.143. The average molecular weight is 346 g/mol. The van der Waals surface area contributed by atoms with Gasteiger partial charge in [0.05, 0.1) is 12.6 Å². The number of pyridine rings is 1. The molecular formula is C21H18N2O3. The number of aryl methyl sites for hydroxylation is 2. The summed E-state index contributed by atoms with van der Waals surface area (Å²) in [4.78, 5) is 28.8. The summed E-state index contributed by atoms with van der Waals surface area (Å²) in [6.07, 6.45) is 0. The minimum atomic E-state index is -0.646. The van der Waals surface area contributed by atoms with Gasteiger partial charge >= 0.3 is 5.97 Å². The molecule has 1 N–H and O–H groups in total. The summed E-state index contributed by atoms with van der Waals surface area (Å²) in [5.74, 6) is -0.646. The van der Waals surface area contributed by atoms with E-state index in [1.165, 1.54) is 7.11 Å². The molecule has 0 atom stereocenters. The Labute approximate surface area is 149 Å². The first-order valence-electron chi connectivity index (χ1n) is 8.34. The van der Waals surface area contributed by atoms with Gasteiger partial charge < -0.3 is 9.72 Å². The quantitative estimate of drug-likeness (QED) is 0.560. The van der Waals surface area contributed by atoms with E-state index in [4.69, 9.17) is 4.74 Å². The molecule has 2 aromatic carbocycles. The van der Waals surface area contributed by atoms with Crippen LogP contribution in [0.3, 0.4) is 0 Å². The van der Waals surface area contributed by atoms with E-state index >= 15 is 0 Å². The highest BCUT2D eigenvalue weighted by Crippen LogP contribution is 2.30. The third kappa shape index (κ3) is 2.24. The van der Waals surface area contributed by atoms with Crippen molar-refractivity contribution in [3.8, 4) is 5.69 Å². The van der Waals surface area contributed by atoms with Crippen LogP contribution >= 0.6 is 0 Å². The van der Waals surface area contributed by atoms with E-state index in [-0.39, 0.29) is 5.56 Å². The summed E-state index contributed by atoms with van der Waals surface area (Å²) in [5, 5.41) is 1.81. The van der Waals surface area contributed by atoms with Crippen molar-refractivity contribution in [3.05, 3.63) is 75.7 Å². The summed E-state index contributed by atoms with van der Waals surface area (Å²) in [5.41, 5.74) is 3.61. The number of methoxy groups -OCH3 is 1. The molecule has 26 heavy (non-hydrogen) atoms. The van der Waals surface area contributed by atoms with Crippen LogP contribution in [0.2, 0.25) is 0 Å². The van der Waals surface area contributed by atoms with E-state index < -0.39 is 11.5 Å². The Hall–Kier alpha value is -3.34. The van der Waals surface area contributed by atoms with Crippen molar-refractivity contribution in [2.45, 2.75) is 13.8 Å². The van der Waals surface area contributed by atoms with Crippen LogP contribution in [0, 0.1) is 13.8 Å². The Morgan fingerprint density at radius 3 is 2.42 bits per heavy atom. The monoisotopic (exact) mass is 346 g/mol. The van der Waals surface area contributed by atoms with Crippen LogP contribution in [0.25, 0.3) is 27.5 Å². The second kappa shape index (κ2) is 5.88. The molecule has 5 nitrogen and oxygen atoms in total. The molecule has 0 spiro atoms. The van der Waals surface area contributed by atoms with Gasteiger partial charge in [-0.1, -0.05) is 35.9 Å². The number of rotatable bonds is 2. The number of H-pyrrole nitrogens is 1. The van der Waals surface area contributed by atoms with Gasteiger partial charge in [0.2, 0.25) is 0 Å². The minimum absolute atomic E-state index is 0.0184. The number of nitrogens with one attached hydrogen (secondary N) is 1. The largest absolute Gasteiger partial charge is 0.465 e. The predicted molar refractivity (Wildman–Crippen MR) is 102 cm³/mol. The zero-order valence-electron chi connectivity index (χ0n) is 14.8. The van der Waals surface area contributed by atoms with Crippen molar-refractivity contribution in [2.75, 3.05) is 7.11 Å². The van der Waals surface area contributed by atoms with Crippen LogP contribution < -0.4 is 5.56 Å². The first kappa shape index (κ1) is 16.1. The molecule has 0 aliphatic rings. The third-order valence-electron chi connectivity index (χ3n) is 4.75. The highest BCUT2D eigenvalue weighted by atomic mass is 16.5. The molecule has 130 valence electrons. The van der Waals surface area contributed by atoms with Crippen LogP contribution in [-0.4, -0.2) is 22.6 Å². The smallest absolute Gasteiger partial charge is 0.345 e. The molecule has 4 rings (SSSR count). The zero-order valence-corrected chi connectivity index (χ0v) is 14.8. The van der Waals surface area contributed by atoms with E-state index in [0.29, 0.717) is 5.52 Å². The molecule has 0 radical (unpaired) electrons. The van der Waals surface area contributed by atoms with Gasteiger partial charge in [0, 0.05) is 27.7 Å². The van der Waals surface area contributed by atoms with Crippen molar-refractivity contribution in [3.63, 3.8) is 0 Å². The van der Waals surface area contributed by atoms with Gasteiger partial charge in [-0.15, -0.1) is 0 Å². The molecule has 0 amide bonds. The zero-order chi connectivity index (χ0) is 18.4. The van der Waals surface area contributed by atoms with Gasteiger partial charge in [-0.3, -0.25) is 9.36 Å². The van der Waals surface area contributed by atoms with E-state index in [0.717, 1.165) is 33.2 Å². The summed E-state index contributed by atoms with van der Waals surface area (Å²) >= 11 is 0. The lowest BCUT2D eigenvalue weighted by Crippen LogP contribution is -2.28.